The molecule has 1 rings (SSSR count). The van der Waals surface area contributed by atoms with Gasteiger partial charge in [0.1, 0.15) is 0 Å². The van der Waals surface area contributed by atoms with Crippen LogP contribution in [-0.2, 0) is 4.79 Å². The maximum atomic E-state index is 11.0. The number of benzene rings is 1. The van der Waals surface area contributed by atoms with Crippen molar-refractivity contribution in [3.05, 3.63) is 27.3 Å². The van der Waals surface area contributed by atoms with E-state index in [2.05, 4.69) is 27.9 Å². The van der Waals surface area contributed by atoms with Crippen LogP contribution in [-0.4, -0.2) is 12.5 Å². The van der Waals surface area contributed by atoms with Crippen LogP contribution in [0, 0.1) is 10.5 Å². The van der Waals surface area contributed by atoms with Crippen LogP contribution in [0.3, 0.4) is 0 Å². The first-order valence-corrected chi connectivity index (χ1v) is 4.97. The van der Waals surface area contributed by atoms with Crippen LogP contribution in [0.15, 0.2) is 18.2 Å². The molecule has 0 spiro atoms. The Morgan fingerprint density at radius 2 is 2.31 bits per heavy atom. The molecule has 4 heteroatoms. The molecule has 0 unspecified atom stereocenters. The van der Waals surface area contributed by atoms with E-state index in [0.29, 0.717) is 0 Å². The van der Waals surface area contributed by atoms with Crippen LogP contribution in [0.5, 0.6) is 0 Å². The lowest BCUT2D eigenvalue weighted by molar-refractivity contribution is -0.114. The Balaban J connectivity index is 2.83. The molecule has 13 heavy (non-hydrogen) atoms. The van der Waals surface area contributed by atoms with Gasteiger partial charge in [0.2, 0.25) is 5.91 Å². The number of amides is 1. The molecule has 1 aromatic rings. The molecule has 0 aliphatic carbocycles. The van der Waals surface area contributed by atoms with E-state index in [1.807, 2.05) is 25.1 Å². The number of aryl methyl sites for hydroxylation is 1. The monoisotopic (exact) mass is 290 g/mol. The SMILES string of the molecule is Cc1cc(I)ccc1NC(=O)CN. The van der Waals surface area contributed by atoms with E-state index in [1.165, 1.54) is 0 Å². The Morgan fingerprint density at radius 3 is 2.85 bits per heavy atom. The Labute approximate surface area is 90.8 Å². The molecule has 0 atom stereocenters. The number of halogens is 1. The standard InChI is InChI=1S/C9H11IN2O/c1-6-4-7(10)2-3-8(6)12-9(13)5-11/h2-4H,5,11H2,1H3,(H,12,13). The fourth-order valence-electron chi connectivity index (χ4n) is 0.969. The fraction of sp³-hybridized carbons (Fsp3) is 0.222. The van der Waals surface area contributed by atoms with Gasteiger partial charge in [-0.05, 0) is 53.3 Å². The van der Waals surface area contributed by atoms with Crippen molar-refractivity contribution in [2.45, 2.75) is 6.92 Å². The van der Waals surface area contributed by atoms with Crippen molar-refractivity contribution in [1.29, 1.82) is 0 Å². The minimum atomic E-state index is -0.163. The van der Waals surface area contributed by atoms with E-state index < -0.39 is 0 Å². The highest BCUT2D eigenvalue weighted by atomic mass is 127. The third kappa shape index (κ3) is 2.96. The number of anilines is 1. The highest BCUT2D eigenvalue weighted by Gasteiger charge is 2.01. The molecular formula is C9H11IN2O. The van der Waals surface area contributed by atoms with Gasteiger partial charge in [-0.15, -0.1) is 0 Å². The summed E-state index contributed by atoms with van der Waals surface area (Å²) in [5, 5.41) is 2.72. The minimum absolute atomic E-state index is 0.0193. The van der Waals surface area contributed by atoms with Crippen molar-refractivity contribution in [3.8, 4) is 0 Å². The summed E-state index contributed by atoms with van der Waals surface area (Å²) in [7, 11) is 0. The van der Waals surface area contributed by atoms with E-state index in [1.54, 1.807) is 0 Å². The van der Waals surface area contributed by atoms with Gasteiger partial charge < -0.3 is 11.1 Å². The first kappa shape index (κ1) is 10.5. The number of rotatable bonds is 2. The Morgan fingerprint density at radius 1 is 1.62 bits per heavy atom. The second-order valence-corrected chi connectivity index (χ2v) is 3.96. The average molecular weight is 290 g/mol. The Hall–Kier alpha value is -0.620. The molecule has 0 bridgehead atoms. The smallest absolute Gasteiger partial charge is 0.238 e. The highest BCUT2D eigenvalue weighted by Crippen LogP contribution is 2.17. The van der Waals surface area contributed by atoms with E-state index >= 15 is 0 Å². The molecule has 1 amide bonds. The highest BCUT2D eigenvalue weighted by molar-refractivity contribution is 14.1. The fourth-order valence-corrected chi connectivity index (χ4v) is 1.62. The molecule has 0 heterocycles. The molecule has 0 saturated carbocycles. The molecule has 70 valence electrons. The van der Waals surface area contributed by atoms with Crippen LogP contribution in [0.25, 0.3) is 0 Å². The molecule has 0 fully saturated rings. The largest absolute Gasteiger partial charge is 0.325 e. The number of hydrogen-bond acceptors (Lipinski definition) is 2. The summed E-state index contributed by atoms with van der Waals surface area (Å²) in [4.78, 5) is 11.0. The van der Waals surface area contributed by atoms with Gasteiger partial charge >= 0.3 is 0 Å². The molecule has 3 nitrogen and oxygen atoms in total. The van der Waals surface area contributed by atoms with Gasteiger partial charge in [-0.3, -0.25) is 4.79 Å². The number of nitrogens with one attached hydrogen (secondary N) is 1. The summed E-state index contributed by atoms with van der Waals surface area (Å²) in [6.07, 6.45) is 0. The van der Waals surface area contributed by atoms with Crippen molar-refractivity contribution in [3.63, 3.8) is 0 Å². The maximum Gasteiger partial charge on any atom is 0.238 e. The van der Waals surface area contributed by atoms with Crippen molar-refractivity contribution in [2.75, 3.05) is 11.9 Å². The third-order valence-corrected chi connectivity index (χ3v) is 2.32. The second kappa shape index (κ2) is 4.57. The lowest BCUT2D eigenvalue weighted by atomic mass is 10.2. The summed E-state index contributed by atoms with van der Waals surface area (Å²) in [5.41, 5.74) is 7.07. The molecule has 3 N–H and O–H groups in total. The molecule has 0 saturated heterocycles. The predicted octanol–water partition coefficient (Wildman–Crippen LogP) is 1.50. The van der Waals surface area contributed by atoms with Gasteiger partial charge in [0.25, 0.3) is 0 Å². The van der Waals surface area contributed by atoms with E-state index in [-0.39, 0.29) is 12.5 Å². The van der Waals surface area contributed by atoms with Crippen molar-refractivity contribution >= 4 is 34.2 Å². The predicted molar refractivity (Wildman–Crippen MR) is 61.6 cm³/mol. The summed E-state index contributed by atoms with van der Waals surface area (Å²) in [6, 6.07) is 5.83. The van der Waals surface area contributed by atoms with Crippen LogP contribution in [0.4, 0.5) is 5.69 Å². The van der Waals surface area contributed by atoms with Crippen molar-refractivity contribution < 1.29 is 4.79 Å². The zero-order valence-corrected chi connectivity index (χ0v) is 9.46. The van der Waals surface area contributed by atoms with Gasteiger partial charge in [-0.25, -0.2) is 0 Å². The summed E-state index contributed by atoms with van der Waals surface area (Å²) in [6.45, 7) is 1.97. The minimum Gasteiger partial charge on any atom is -0.325 e. The van der Waals surface area contributed by atoms with Gasteiger partial charge in [0.15, 0.2) is 0 Å². The van der Waals surface area contributed by atoms with Crippen molar-refractivity contribution in [1.82, 2.24) is 0 Å². The molecule has 1 aromatic carbocycles. The number of hydrogen-bond donors (Lipinski definition) is 2. The van der Waals surface area contributed by atoms with Gasteiger partial charge in [-0.2, -0.15) is 0 Å². The van der Waals surface area contributed by atoms with Gasteiger partial charge in [0.05, 0.1) is 6.54 Å². The average Bonchev–Trinajstić information content (AvgIpc) is 2.09. The number of nitrogens with two attached hydrogens (primary N) is 1. The zero-order valence-electron chi connectivity index (χ0n) is 7.30. The molecule has 0 radical (unpaired) electrons. The molecule has 0 aliphatic heterocycles. The van der Waals surface area contributed by atoms with Gasteiger partial charge in [-0.1, -0.05) is 0 Å². The lowest BCUT2D eigenvalue weighted by Crippen LogP contribution is -2.22. The van der Waals surface area contributed by atoms with E-state index in [4.69, 9.17) is 5.73 Å². The summed E-state index contributed by atoms with van der Waals surface area (Å²) < 4.78 is 1.15. The second-order valence-electron chi connectivity index (χ2n) is 2.71. The van der Waals surface area contributed by atoms with E-state index in [9.17, 15) is 4.79 Å². The number of carbonyl (C=O) groups is 1. The first-order valence-electron chi connectivity index (χ1n) is 3.89. The third-order valence-electron chi connectivity index (χ3n) is 1.65. The van der Waals surface area contributed by atoms with Gasteiger partial charge in [0, 0.05) is 9.26 Å². The zero-order chi connectivity index (χ0) is 9.84. The first-order chi connectivity index (χ1) is 6.13. The molecule has 0 aromatic heterocycles. The van der Waals surface area contributed by atoms with Crippen molar-refractivity contribution in [2.24, 2.45) is 5.73 Å². The van der Waals surface area contributed by atoms with Crippen LogP contribution >= 0.6 is 22.6 Å². The summed E-state index contributed by atoms with van der Waals surface area (Å²) >= 11 is 2.23. The maximum absolute atomic E-state index is 11.0. The lowest BCUT2D eigenvalue weighted by Gasteiger charge is -2.06. The molecule has 0 aliphatic rings. The summed E-state index contributed by atoms with van der Waals surface area (Å²) in [5.74, 6) is -0.163. The van der Waals surface area contributed by atoms with Crippen LogP contribution in [0.1, 0.15) is 5.56 Å². The van der Waals surface area contributed by atoms with E-state index in [0.717, 1.165) is 14.8 Å². The number of carbonyl (C=O) groups excluding carboxylic acids is 1. The molecular weight excluding hydrogens is 279 g/mol. The topological polar surface area (TPSA) is 55.1 Å². The Bertz CT molecular complexity index is 325. The van der Waals surface area contributed by atoms with Crippen LogP contribution < -0.4 is 11.1 Å². The normalized spacial score (nSPS) is 9.77. The quantitative estimate of drug-likeness (QED) is 0.811. The Kier molecular flexibility index (Phi) is 3.68. The van der Waals surface area contributed by atoms with Crippen LogP contribution in [0.2, 0.25) is 0 Å².